The molecule has 4 rings (SSSR count). The van der Waals surface area contributed by atoms with Gasteiger partial charge in [-0.05, 0) is 50.1 Å². The van der Waals surface area contributed by atoms with Crippen LogP contribution in [0.5, 0.6) is 11.5 Å². The van der Waals surface area contributed by atoms with Gasteiger partial charge in [-0.1, -0.05) is 29.5 Å². The first kappa shape index (κ1) is 19.7. The van der Waals surface area contributed by atoms with Gasteiger partial charge in [-0.3, -0.25) is 4.79 Å². The maximum atomic E-state index is 12.9. The van der Waals surface area contributed by atoms with Crippen molar-refractivity contribution in [2.75, 3.05) is 19.8 Å². The van der Waals surface area contributed by atoms with Crippen molar-refractivity contribution in [1.82, 2.24) is 4.57 Å². The summed E-state index contributed by atoms with van der Waals surface area (Å²) in [6, 6.07) is 11.6. The maximum absolute atomic E-state index is 12.9. The summed E-state index contributed by atoms with van der Waals surface area (Å²) < 4.78 is 20.2. The molecule has 0 radical (unpaired) electrons. The number of carbonyl (C=O) groups excluding carboxylic acids is 1. The molecule has 2 aromatic carbocycles. The second kappa shape index (κ2) is 8.39. The first-order chi connectivity index (χ1) is 14.1. The lowest BCUT2D eigenvalue weighted by atomic mass is 10.1. The Kier molecular flexibility index (Phi) is 5.69. The molecular weight excluding hydrogens is 388 g/mol. The summed E-state index contributed by atoms with van der Waals surface area (Å²) >= 11 is 1.52. The zero-order valence-corrected chi connectivity index (χ0v) is 17.6. The van der Waals surface area contributed by atoms with E-state index in [9.17, 15) is 4.79 Å². The molecule has 0 saturated carbocycles. The van der Waals surface area contributed by atoms with Crippen molar-refractivity contribution >= 4 is 27.5 Å². The quantitative estimate of drug-likeness (QED) is 0.601. The molecule has 0 saturated heterocycles. The number of aromatic nitrogens is 1. The largest absolute Gasteiger partial charge is 0.485 e. The van der Waals surface area contributed by atoms with Crippen molar-refractivity contribution in [2.45, 2.75) is 33.4 Å². The summed E-state index contributed by atoms with van der Waals surface area (Å²) in [7, 11) is 0. The monoisotopic (exact) mass is 412 g/mol. The molecule has 29 heavy (non-hydrogen) atoms. The number of aryl methyl sites for hydroxylation is 2. The van der Waals surface area contributed by atoms with E-state index in [4.69, 9.17) is 14.2 Å². The van der Waals surface area contributed by atoms with E-state index in [1.54, 1.807) is 6.07 Å². The van der Waals surface area contributed by atoms with Gasteiger partial charge in [0.25, 0.3) is 5.91 Å². The van der Waals surface area contributed by atoms with Crippen molar-refractivity contribution < 1.29 is 19.0 Å². The molecule has 1 aliphatic heterocycles. The highest BCUT2D eigenvalue weighted by Gasteiger charge is 2.27. The summed E-state index contributed by atoms with van der Waals surface area (Å²) in [6.07, 6.45) is -0.752. The van der Waals surface area contributed by atoms with Gasteiger partial charge in [-0.25, -0.2) is 0 Å². The Bertz CT molecular complexity index is 1120. The van der Waals surface area contributed by atoms with E-state index in [0.717, 1.165) is 10.2 Å². The molecule has 1 amide bonds. The summed E-state index contributed by atoms with van der Waals surface area (Å²) in [5, 5.41) is 0. The van der Waals surface area contributed by atoms with Crippen LogP contribution in [0, 0.1) is 13.8 Å². The predicted molar refractivity (Wildman–Crippen MR) is 113 cm³/mol. The fourth-order valence-corrected chi connectivity index (χ4v) is 4.53. The van der Waals surface area contributed by atoms with E-state index in [1.807, 2.05) is 25.1 Å². The molecule has 0 spiro atoms. The van der Waals surface area contributed by atoms with Gasteiger partial charge < -0.3 is 18.8 Å². The fourth-order valence-electron chi connectivity index (χ4n) is 3.42. The standard InChI is InChI=1S/C22H24N2O4S/c1-4-26-10-9-24-16-12-14(2)11-15(3)20(16)29-22(24)23-21(25)19-13-27-17-7-5-6-8-18(17)28-19/h5-8,11-12,19H,4,9-10,13H2,1-3H3/t19-/m1/s1. The highest BCUT2D eigenvalue weighted by molar-refractivity contribution is 7.16. The number of para-hydroxylation sites is 2. The molecule has 6 nitrogen and oxygen atoms in total. The van der Waals surface area contributed by atoms with Gasteiger partial charge >= 0.3 is 0 Å². The second-order valence-corrected chi connectivity index (χ2v) is 7.96. The number of ether oxygens (including phenoxy) is 3. The van der Waals surface area contributed by atoms with Crippen LogP contribution in [-0.2, 0) is 16.1 Å². The molecule has 0 unspecified atom stereocenters. The number of hydrogen-bond acceptors (Lipinski definition) is 5. The van der Waals surface area contributed by atoms with E-state index in [1.165, 1.54) is 22.5 Å². The second-order valence-electron chi connectivity index (χ2n) is 6.98. The lowest BCUT2D eigenvalue weighted by Gasteiger charge is -2.23. The Morgan fingerprint density at radius 1 is 1.28 bits per heavy atom. The van der Waals surface area contributed by atoms with Gasteiger partial charge in [0.15, 0.2) is 16.3 Å². The van der Waals surface area contributed by atoms with Gasteiger partial charge in [0, 0.05) is 13.2 Å². The summed E-state index contributed by atoms with van der Waals surface area (Å²) in [5.74, 6) is 0.876. The number of nitrogens with zero attached hydrogens (tertiary/aromatic N) is 2. The molecule has 0 aliphatic carbocycles. The van der Waals surface area contributed by atoms with Crippen LogP contribution in [0.25, 0.3) is 10.2 Å². The summed E-state index contributed by atoms with van der Waals surface area (Å²) in [5.41, 5.74) is 3.43. The Morgan fingerprint density at radius 2 is 2.07 bits per heavy atom. The third-order valence-electron chi connectivity index (χ3n) is 4.77. The van der Waals surface area contributed by atoms with Crippen molar-refractivity contribution in [3.63, 3.8) is 0 Å². The van der Waals surface area contributed by atoms with Gasteiger partial charge in [-0.15, -0.1) is 0 Å². The fraction of sp³-hybridized carbons (Fsp3) is 0.364. The molecule has 3 aromatic rings. The van der Waals surface area contributed by atoms with Crippen LogP contribution in [-0.4, -0.2) is 36.4 Å². The topological polar surface area (TPSA) is 62.1 Å². The number of carbonyl (C=O) groups is 1. The van der Waals surface area contributed by atoms with Crippen LogP contribution in [0.3, 0.4) is 0 Å². The molecule has 152 valence electrons. The van der Waals surface area contributed by atoms with Crippen LogP contribution in [0.4, 0.5) is 0 Å². The van der Waals surface area contributed by atoms with Crippen molar-refractivity contribution in [3.05, 3.63) is 52.3 Å². The SMILES string of the molecule is CCOCCn1c(=NC(=O)[C@H]2COc3ccccc3O2)sc2c(C)cc(C)cc21. The molecule has 2 heterocycles. The number of amides is 1. The van der Waals surface area contributed by atoms with E-state index < -0.39 is 6.10 Å². The average Bonchev–Trinajstić information content (AvgIpc) is 3.05. The first-order valence-corrected chi connectivity index (χ1v) is 10.5. The minimum Gasteiger partial charge on any atom is -0.485 e. The minimum atomic E-state index is -0.752. The van der Waals surface area contributed by atoms with Crippen molar-refractivity contribution in [3.8, 4) is 11.5 Å². The van der Waals surface area contributed by atoms with Gasteiger partial charge in [-0.2, -0.15) is 4.99 Å². The van der Waals surface area contributed by atoms with E-state index in [0.29, 0.717) is 36.1 Å². The van der Waals surface area contributed by atoms with Gasteiger partial charge in [0.2, 0.25) is 6.10 Å². The normalized spacial score (nSPS) is 16.4. The van der Waals surface area contributed by atoms with E-state index in [2.05, 4.69) is 35.5 Å². The van der Waals surface area contributed by atoms with E-state index in [-0.39, 0.29) is 12.5 Å². The van der Waals surface area contributed by atoms with E-state index >= 15 is 0 Å². The number of fused-ring (bicyclic) bond motifs is 2. The molecule has 1 aliphatic rings. The Balaban J connectivity index is 1.70. The zero-order valence-electron chi connectivity index (χ0n) is 16.8. The smallest absolute Gasteiger partial charge is 0.292 e. The van der Waals surface area contributed by atoms with Gasteiger partial charge in [0.1, 0.15) is 6.61 Å². The third-order valence-corrected chi connectivity index (χ3v) is 6.00. The number of thiazole rings is 1. The minimum absolute atomic E-state index is 0.154. The molecule has 1 atom stereocenters. The van der Waals surface area contributed by atoms with Crippen LogP contribution in [0.15, 0.2) is 41.4 Å². The van der Waals surface area contributed by atoms with Crippen molar-refractivity contribution in [1.29, 1.82) is 0 Å². The van der Waals surface area contributed by atoms with Crippen LogP contribution in [0.2, 0.25) is 0 Å². The number of rotatable bonds is 5. The molecular formula is C22H24N2O4S. The van der Waals surface area contributed by atoms with Crippen LogP contribution in [0.1, 0.15) is 18.1 Å². The maximum Gasteiger partial charge on any atom is 0.292 e. The predicted octanol–water partition coefficient (Wildman–Crippen LogP) is 3.62. The molecule has 0 fully saturated rings. The first-order valence-electron chi connectivity index (χ1n) is 9.72. The van der Waals surface area contributed by atoms with Crippen LogP contribution < -0.4 is 14.3 Å². The van der Waals surface area contributed by atoms with Crippen molar-refractivity contribution in [2.24, 2.45) is 4.99 Å². The Hall–Kier alpha value is -2.64. The third kappa shape index (κ3) is 4.06. The van der Waals surface area contributed by atoms with Gasteiger partial charge in [0.05, 0.1) is 16.8 Å². The lowest BCUT2D eigenvalue weighted by Crippen LogP contribution is -2.37. The lowest BCUT2D eigenvalue weighted by molar-refractivity contribution is -0.127. The summed E-state index contributed by atoms with van der Waals surface area (Å²) in [6.45, 7) is 8.13. The highest BCUT2D eigenvalue weighted by atomic mass is 32.1. The average molecular weight is 413 g/mol. The Labute approximate surface area is 173 Å². The number of hydrogen-bond donors (Lipinski definition) is 0. The molecule has 0 N–H and O–H groups in total. The number of benzene rings is 2. The zero-order chi connectivity index (χ0) is 20.4. The molecule has 0 bridgehead atoms. The Morgan fingerprint density at radius 3 is 2.86 bits per heavy atom. The molecule has 1 aromatic heterocycles. The highest BCUT2D eigenvalue weighted by Crippen LogP contribution is 2.31. The molecule has 7 heteroatoms. The summed E-state index contributed by atoms with van der Waals surface area (Å²) in [4.78, 5) is 18.0. The van der Waals surface area contributed by atoms with Crippen LogP contribution >= 0.6 is 11.3 Å².